The summed E-state index contributed by atoms with van der Waals surface area (Å²) in [5.41, 5.74) is 3.21. The quantitative estimate of drug-likeness (QED) is 0.589. The second kappa shape index (κ2) is 5.53. The molecule has 0 unspecified atom stereocenters. The summed E-state index contributed by atoms with van der Waals surface area (Å²) in [4.78, 5) is 15.5. The molecule has 0 saturated carbocycles. The zero-order valence-corrected chi connectivity index (χ0v) is 12.3. The molecule has 4 rings (SSSR count). The van der Waals surface area contributed by atoms with Crippen LogP contribution >= 0.6 is 0 Å². The first-order valence-corrected chi connectivity index (χ1v) is 7.37. The van der Waals surface area contributed by atoms with Crippen LogP contribution in [0.5, 0.6) is 0 Å². The number of ketones is 1. The highest BCUT2D eigenvalue weighted by molar-refractivity contribution is 5.98. The summed E-state index contributed by atoms with van der Waals surface area (Å²) in [6.45, 7) is 0. The van der Waals surface area contributed by atoms with Gasteiger partial charge in [0.05, 0.1) is 5.69 Å². The maximum absolute atomic E-state index is 12.4. The smallest absolute Gasteiger partial charge is 0.184 e. The van der Waals surface area contributed by atoms with Gasteiger partial charge >= 0.3 is 0 Å². The van der Waals surface area contributed by atoms with Crippen molar-refractivity contribution in [2.75, 3.05) is 0 Å². The van der Waals surface area contributed by atoms with Crippen molar-refractivity contribution in [1.29, 1.82) is 0 Å². The van der Waals surface area contributed by atoms with Crippen LogP contribution in [0.3, 0.4) is 0 Å². The van der Waals surface area contributed by atoms with Crippen LogP contribution in [0.4, 0.5) is 0 Å². The number of hydrogen-bond donors (Lipinski definition) is 1. The van der Waals surface area contributed by atoms with Crippen LogP contribution in [-0.4, -0.2) is 25.4 Å². The first-order valence-electron chi connectivity index (χ1n) is 7.37. The number of benzene rings is 1. The monoisotopic (exact) mass is 302 g/mol. The van der Waals surface area contributed by atoms with E-state index in [0.717, 1.165) is 16.9 Å². The summed E-state index contributed by atoms with van der Waals surface area (Å²) in [6.07, 6.45) is 4.01. The van der Waals surface area contributed by atoms with Gasteiger partial charge in [0.25, 0.3) is 0 Å². The molecule has 1 aromatic carbocycles. The van der Waals surface area contributed by atoms with Crippen molar-refractivity contribution in [3.05, 3.63) is 78.1 Å². The Labute approximate surface area is 132 Å². The third-order valence-electron chi connectivity index (χ3n) is 3.77. The number of carbonyl (C=O) groups is 1. The average Bonchev–Trinajstić information content (AvgIpc) is 3.22. The van der Waals surface area contributed by atoms with E-state index in [2.05, 4.69) is 15.2 Å². The molecule has 0 fully saturated rings. The second-order valence-electron chi connectivity index (χ2n) is 5.34. The summed E-state index contributed by atoms with van der Waals surface area (Å²) in [5.74, 6) is 0.770. The van der Waals surface area contributed by atoms with Crippen molar-refractivity contribution in [1.82, 2.24) is 19.6 Å². The Kier molecular flexibility index (Phi) is 3.24. The fraction of sp³-hybridized carbons (Fsp3) is 0.0556. The van der Waals surface area contributed by atoms with Crippen molar-refractivity contribution < 1.29 is 4.79 Å². The lowest BCUT2D eigenvalue weighted by molar-refractivity contribution is 0.0993. The van der Waals surface area contributed by atoms with E-state index in [4.69, 9.17) is 0 Å². The molecule has 0 amide bonds. The van der Waals surface area contributed by atoms with Crippen LogP contribution in [-0.2, 0) is 6.42 Å². The summed E-state index contributed by atoms with van der Waals surface area (Å²) in [5, 5.41) is 8.32. The molecule has 5 nitrogen and oxygen atoms in total. The number of hydrogen-bond acceptors (Lipinski definition) is 3. The molecule has 0 spiro atoms. The molecule has 0 atom stereocenters. The van der Waals surface area contributed by atoms with Gasteiger partial charge in [-0.1, -0.05) is 36.4 Å². The highest BCUT2D eigenvalue weighted by Crippen LogP contribution is 2.19. The van der Waals surface area contributed by atoms with Gasteiger partial charge in [-0.3, -0.25) is 9.20 Å². The van der Waals surface area contributed by atoms with E-state index < -0.39 is 0 Å². The van der Waals surface area contributed by atoms with Crippen LogP contribution in [0.25, 0.3) is 17.2 Å². The van der Waals surface area contributed by atoms with E-state index in [0.29, 0.717) is 17.8 Å². The van der Waals surface area contributed by atoms with Gasteiger partial charge in [-0.2, -0.15) is 0 Å². The number of carbonyl (C=O) groups excluding carboxylic acids is 1. The molecule has 0 bridgehead atoms. The molecule has 23 heavy (non-hydrogen) atoms. The van der Waals surface area contributed by atoms with Gasteiger partial charge in [-0.05, 0) is 23.8 Å². The average molecular weight is 302 g/mol. The van der Waals surface area contributed by atoms with E-state index in [1.165, 1.54) is 0 Å². The number of aromatic amines is 1. The molecule has 112 valence electrons. The molecule has 0 saturated heterocycles. The molecule has 0 radical (unpaired) electrons. The van der Waals surface area contributed by atoms with Crippen LogP contribution < -0.4 is 0 Å². The summed E-state index contributed by atoms with van der Waals surface area (Å²) < 4.78 is 1.89. The number of Topliss-reactive ketones (excluding diaryl/α,β-unsaturated/α-hetero) is 1. The first-order chi connectivity index (χ1) is 11.3. The molecule has 0 aliphatic rings. The largest absolute Gasteiger partial charge is 0.358 e. The van der Waals surface area contributed by atoms with Crippen molar-refractivity contribution in [2.45, 2.75) is 6.42 Å². The second-order valence-corrected chi connectivity index (χ2v) is 5.34. The van der Waals surface area contributed by atoms with E-state index in [-0.39, 0.29) is 5.78 Å². The first kappa shape index (κ1) is 13.5. The van der Waals surface area contributed by atoms with Crippen LogP contribution in [0.15, 0.2) is 67.0 Å². The Bertz CT molecular complexity index is 969. The van der Waals surface area contributed by atoms with E-state index in [1.54, 1.807) is 6.20 Å². The highest BCUT2D eigenvalue weighted by Gasteiger charge is 2.13. The fourth-order valence-corrected chi connectivity index (χ4v) is 2.59. The third kappa shape index (κ3) is 2.53. The van der Waals surface area contributed by atoms with Gasteiger partial charge in [0, 0.05) is 24.4 Å². The Morgan fingerprint density at radius 2 is 1.87 bits per heavy atom. The Morgan fingerprint density at radius 1 is 1.04 bits per heavy atom. The Balaban J connectivity index is 1.63. The predicted octanol–water partition coefficient (Wildman–Crippen LogP) is 3.15. The third-order valence-corrected chi connectivity index (χ3v) is 3.77. The molecule has 0 aliphatic carbocycles. The van der Waals surface area contributed by atoms with Crippen LogP contribution in [0.2, 0.25) is 0 Å². The van der Waals surface area contributed by atoms with Gasteiger partial charge in [0.1, 0.15) is 0 Å². The van der Waals surface area contributed by atoms with Gasteiger partial charge in [0.15, 0.2) is 17.3 Å². The van der Waals surface area contributed by atoms with Gasteiger partial charge < -0.3 is 4.98 Å². The summed E-state index contributed by atoms with van der Waals surface area (Å²) in [7, 11) is 0. The molecule has 3 aromatic heterocycles. The minimum absolute atomic E-state index is 0.0764. The number of rotatable bonds is 4. The maximum atomic E-state index is 12.4. The molecule has 0 aliphatic heterocycles. The fourth-order valence-electron chi connectivity index (χ4n) is 2.59. The van der Waals surface area contributed by atoms with Gasteiger partial charge in [0.2, 0.25) is 0 Å². The summed E-state index contributed by atoms with van der Waals surface area (Å²) >= 11 is 0. The zero-order valence-electron chi connectivity index (χ0n) is 12.3. The molecule has 5 heteroatoms. The topological polar surface area (TPSA) is 63.0 Å². The molecule has 4 aromatic rings. The van der Waals surface area contributed by atoms with Crippen molar-refractivity contribution in [2.24, 2.45) is 0 Å². The number of nitrogens with zero attached hydrogens (tertiary/aromatic N) is 3. The lowest BCUT2D eigenvalue weighted by Crippen LogP contribution is -2.01. The molecule has 1 N–H and O–H groups in total. The van der Waals surface area contributed by atoms with Crippen LogP contribution in [0, 0.1) is 0 Å². The standard InChI is InChI=1S/C18H14N4O/c23-16(10-13-6-2-1-3-7-13)14-11-15(19-12-14)18-21-20-17-8-4-5-9-22(17)18/h1-9,11-12,19H,10H2. The SMILES string of the molecule is O=C(Cc1ccccc1)c1c[nH]c(-c2nnc3ccccn23)c1. The van der Waals surface area contributed by atoms with Gasteiger partial charge in [-0.25, -0.2) is 0 Å². The summed E-state index contributed by atoms with van der Waals surface area (Å²) in [6, 6.07) is 17.3. The van der Waals surface area contributed by atoms with Crippen LogP contribution in [0.1, 0.15) is 15.9 Å². The minimum Gasteiger partial charge on any atom is -0.358 e. The minimum atomic E-state index is 0.0764. The van der Waals surface area contributed by atoms with E-state index >= 15 is 0 Å². The normalized spacial score (nSPS) is 11.0. The Morgan fingerprint density at radius 3 is 2.74 bits per heavy atom. The number of aromatic nitrogens is 4. The zero-order chi connectivity index (χ0) is 15.6. The van der Waals surface area contributed by atoms with E-state index in [9.17, 15) is 4.79 Å². The molecular formula is C18H14N4O. The van der Waals surface area contributed by atoms with E-state index in [1.807, 2.05) is 65.2 Å². The highest BCUT2D eigenvalue weighted by atomic mass is 16.1. The van der Waals surface area contributed by atoms with Crippen molar-refractivity contribution >= 4 is 11.4 Å². The number of H-pyrrole nitrogens is 1. The number of pyridine rings is 1. The van der Waals surface area contributed by atoms with Crippen molar-refractivity contribution in [3.8, 4) is 11.5 Å². The van der Waals surface area contributed by atoms with Gasteiger partial charge in [-0.15, -0.1) is 10.2 Å². The number of nitrogens with one attached hydrogen (secondary N) is 1. The van der Waals surface area contributed by atoms with Crippen molar-refractivity contribution in [3.63, 3.8) is 0 Å². The predicted molar refractivity (Wildman–Crippen MR) is 87.3 cm³/mol. The number of fused-ring (bicyclic) bond motifs is 1. The lowest BCUT2D eigenvalue weighted by atomic mass is 10.1. The Hall–Kier alpha value is -3.21. The molecular weight excluding hydrogens is 288 g/mol. The molecule has 3 heterocycles. The lowest BCUT2D eigenvalue weighted by Gasteiger charge is -1.98. The maximum Gasteiger partial charge on any atom is 0.184 e.